The largest absolute Gasteiger partial charge is 0.485 e. The number of hydrogen-bond donors (Lipinski definition) is 1. The number of benzene rings is 1. The van der Waals surface area contributed by atoms with Gasteiger partial charge in [0.15, 0.2) is 0 Å². The van der Waals surface area contributed by atoms with E-state index in [2.05, 4.69) is 20.9 Å². The average Bonchev–Trinajstić information content (AvgIpc) is 2.46. The number of ether oxygens (including phenoxy) is 2. The highest BCUT2D eigenvalue weighted by atomic mass is 79.9. The summed E-state index contributed by atoms with van der Waals surface area (Å²) in [6.45, 7) is 0. The van der Waals surface area contributed by atoms with Crippen molar-refractivity contribution in [1.82, 2.24) is 4.98 Å². The maximum Gasteiger partial charge on any atom is 0.212 e. The van der Waals surface area contributed by atoms with E-state index in [1.165, 1.54) is 0 Å². The normalized spacial score (nSPS) is 20.9. The van der Waals surface area contributed by atoms with E-state index in [0.29, 0.717) is 5.88 Å². The predicted octanol–water partition coefficient (Wildman–Crippen LogP) is 3.38. The molecule has 2 heterocycles. The van der Waals surface area contributed by atoms with Gasteiger partial charge in [0, 0.05) is 40.3 Å². The second kappa shape index (κ2) is 5.42. The van der Waals surface area contributed by atoms with Crippen molar-refractivity contribution < 1.29 is 9.47 Å². The lowest BCUT2D eigenvalue weighted by Crippen LogP contribution is -2.24. The fraction of sp³-hybridized carbons (Fsp3) is 0.267. The van der Waals surface area contributed by atoms with Gasteiger partial charge in [-0.25, -0.2) is 4.98 Å². The van der Waals surface area contributed by atoms with Gasteiger partial charge >= 0.3 is 0 Å². The van der Waals surface area contributed by atoms with Crippen LogP contribution in [0.4, 0.5) is 0 Å². The molecular weight excluding hydrogens is 320 g/mol. The van der Waals surface area contributed by atoms with Gasteiger partial charge in [0.05, 0.1) is 7.11 Å². The molecule has 0 spiro atoms. The van der Waals surface area contributed by atoms with E-state index in [-0.39, 0.29) is 12.1 Å². The topological polar surface area (TPSA) is 57.4 Å². The minimum atomic E-state index is -0.0785. The minimum absolute atomic E-state index is 0.0287. The number of methoxy groups -OCH3 is 1. The smallest absolute Gasteiger partial charge is 0.212 e. The maximum atomic E-state index is 6.24. The van der Waals surface area contributed by atoms with Crippen LogP contribution in [-0.4, -0.2) is 12.1 Å². The highest BCUT2D eigenvalue weighted by Gasteiger charge is 2.27. The van der Waals surface area contributed by atoms with Gasteiger partial charge in [-0.1, -0.05) is 22.0 Å². The summed E-state index contributed by atoms with van der Waals surface area (Å²) in [4.78, 5) is 4.22. The minimum Gasteiger partial charge on any atom is -0.485 e. The zero-order valence-electron chi connectivity index (χ0n) is 11.0. The molecule has 3 rings (SSSR count). The van der Waals surface area contributed by atoms with Crippen LogP contribution in [0.25, 0.3) is 0 Å². The van der Waals surface area contributed by atoms with E-state index in [9.17, 15) is 0 Å². The summed E-state index contributed by atoms with van der Waals surface area (Å²) in [7, 11) is 1.60. The molecule has 0 amide bonds. The maximum absolute atomic E-state index is 6.24. The van der Waals surface area contributed by atoms with Gasteiger partial charge in [-0.3, -0.25) is 0 Å². The van der Waals surface area contributed by atoms with E-state index >= 15 is 0 Å². The van der Waals surface area contributed by atoms with Crippen molar-refractivity contribution in [3.8, 4) is 11.6 Å². The summed E-state index contributed by atoms with van der Waals surface area (Å²) in [6.07, 6.45) is 2.44. The summed E-state index contributed by atoms with van der Waals surface area (Å²) in [5.74, 6) is 1.43. The van der Waals surface area contributed by atoms with E-state index in [1.807, 2.05) is 30.3 Å². The molecule has 0 saturated carbocycles. The molecule has 0 saturated heterocycles. The number of nitrogens with zero attached hydrogens (tertiary/aromatic N) is 1. The summed E-state index contributed by atoms with van der Waals surface area (Å²) < 4.78 is 12.1. The number of hydrogen-bond acceptors (Lipinski definition) is 4. The van der Waals surface area contributed by atoms with Crippen LogP contribution in [0, 0.1) is 0 Å². The highest BCUT2D eigenvalue weighted by Crippen LogP contribution is 2.40. The molecule has 1 aromatic heterocycles. The quantitative estimate of drug-likeness (QED) is 0.914. The lowest BCUT2D eigenvalue weighted by atomic mass is 9.94. The summed E-state index contributed by atoms with van der Waals surface area (Å²) >= 11 is 3.46. The molecule has 0 radical (unpaired) electrons. The van der Waals surface area contributed by atoms with Crippen molar-refractivity contribution in [1.29, 1.82) is 0 Å². The molecule has 0 aliphatic carbocycles. The van der Waals surface area contributed by atoms with Gasteiger partial charge in [0.25, 0.3) is 0 Å². The summed E-state index contributed by atoms with van der Waals surface area (Å²) in [6, 6.07) is 9.72. The monoisotopic (exact) mass is 334 g/mol. The van der Waals surface area contributed by atoms with Crippen molar-refractivity contribution in [3.63, 3.8) is 0 Å². The van der Waals surface area contributed by atoms with Crippen LogP contribution in [0.5, 0.6) is 11.6 Å². The first-order valence-electron chi connectivity index (χ1n) is 6.39. The lowest BCUT2D eigenvalue weighted by Gasteiger charge is -2.30. The van der Waals surface area contributed by atoms with Crippen LogP contribution in [0.2, 0.25) is 0 Å². The second-order valence-corrected chi connectivity index (χ2v) is 5.68. The van der Waals surface area contributed by atoms with Crippen LogP contribution in [0.3, 0.4) is 0 Å². The fourth-order valence-electron chi connectivity index (χ4n) is 2.38. The standard InChI is InChI=1S/C15H15BrN2O2/c1-19-15-5-2-9(8-18-15)13-7-12(17)11-4-3-10(16)6-14(11)20-13/h2-6,8,12-13H,7,17H2,1H3/t12-,13?/m0/s1. The van der Waals surface area contributed by atoms with Crippen LogP contribution >= 0.6 is 15.9 Å². The Balaban J connectivity index is 1.89. The first-order chi connectivity index (χ1) is 9.67. The van der Waals surface area contributed by atoms with Crippen molar-refractivity contribution in [3.05, 3.63) is 52.1 Å². The molecule has 20 heavy (non-hydrogen) atoms. The van der Waals surface area contributed by atoms with Gasteiger partial charge < -0.3 is 15.2 Å². The molecule has 1 aliphatic rings. The van der Waals surface area contributed by atoms with Gasteiger partial charge in [0.2, 0.25) is 5.88 Å². The molecule has 2 atom stereocenters. The molecule has 1 aromatic carbocycles. The lowest BCUT2D eigenvalue weighted by molar-refractivity contribution is 0.161. The van der Waals surface area contributed by atoms with E-state index in [4.69, 9.17) is 15.2 Å². The molecular formula is C15H15BrN2O2. The molecule has 0 bridgehead atoms. The molecule has 2 N–H and O–H groups in total. The van der Waals surface area contributed by atoms with E-state index in [0.717, 1.165) is 27.8 Å². The molecule has 0 fully saturated rings. The molecule has 2 aromatic rings. The molecule has 104 valence electrons. The molecule has 1 aliphatic heterocycles. The summed E-state index contributed by atoms with van der Waals surface area (Å²) in [5, 5.41) is 0. The van der Waals surface area contributed by atoms with Gasteiger partial charge in [-0.2, -0.15) is 0 Å². The van der Waals surface area contributed by atoms with Crippen LogP contribution in [0.1, 0.15) is 29.7 Å². The number of nitrogens with two attached hydrogens (primary N) is 1. The second-order valence-electron chi connectivity index (χ2n) is 4.76. The van der Waals surface area contributed by atoms with Crippen LogP contribution in [0.15, 0.2) is 41.0 Å². The van der Waals surface area contributed by atoms with Crippen molar-refractivity contribution in [2.24, 2.45) is 5.73 Å². The molecule has 4 nitrogen and oxygen atoms in total. The Kier molecular flexibility index (Phi) is 3.63. The third-order valence-corrected chi connectivity index (χ3v) is 3.95. The first-order valence-corrected chi connectivity index (χ1v) is 7.18. The average molecular weight is 335 g/mol. The van der Waals surface area contributed by atoms with Gasteiger partial charge in [0.1, 0.15) is 11.9 Å². The highest BCUT2D eigenvalue weighted by molar-refractivity contribution is 9.10. The third kappa shape index (κ3) is 2.51. The SMILES string of the molecule is COc1ccc(C2C[C@H](N)c3ccc(Br)cc3O2)cn1. The third-order valence-electron chi connectivity index (χ3n) is 3.45. The van der Waals surface area contributed by atoms with Crippen molar-refractivity contribution in [2.75, 3.05) is 7.11 Å². The molecule has 5 heteroatoms. The van der Waals surface area contributed by atoms with E-state index in [1.54, 1.807) is 13.3 Å². The van der Waals surface area contributed by atoms with Crippen LogP contribution < -0.4 is 15.2 Å². The number of pyridine rings is 1. The Hall–Kier alpha value is -1.59. The number of rotatable bonds is 2. The van der Waals surface area contributed by atoms with E-state index < -0.39 is 0 Å². The van der Waals surface area contributed by atoms with Crippen LogP contribution in [-0.2, 0) is 0 Å². The number of halogens is 1. The Morgan fingerprint density at radius 2 is 2.20 bits per heavy atom. The Morgan fingerprint density at radius 1 is 1.35 bits per heavy atom. The van der Waals surface area contributed by atoms with Crippen molar-refractivity contribution in [2.45, 2.75) is 18.6 Å². The zero-order chi connectivity index (χ0) is 14.1. The first kappa shape index (κ1) is 13.4. The summed E-state index contributed by atoms with van der Waals surface area (Å²) in [5.41, 5.74) is 8.29. The number of fused-ring (bicyclic) bond motifs is 1. The number of aromatic nitrogens is 1. The van der Waals surface area contributed by atoms with Gasteiger partial charge in [-0.15, -0.1) is 0 Å². The predicted molar refractivity (Wildman–Crippen MR) is 79.8 cm³/mol. The van der Waals surface area contributed by atoms with Gasteiger partial charge in [-0.05, 0) is 18.2 Å². The Bertz CT molecular complexity index is 616. The molecule has 1 unspecified atom stereocenters. The van der Waals surface area contributed by atoms with Crippen molar-refractivity contribution >= 4 is 15.9 Å². The Morgan fingerprint density at radius 3 is 2.90 bits per heavy atom. The zero-order valence-corrected chi connectivity index (χ0v) is 12.6. The fourth-order valence-corrected chi connectivity index (χ4v) is 2.72. The Labute approximate surface area is 126 Å².